The highest BCUT2D eigenvalue weighted by molar-refractivity contribution is 6.23. The Bertz CT molecular complexity index is 1550. The van der Waals surface area contributed by atoms with E-state index in [1.807, 2.05) is 42.5 Å². The van der Waals surface area contributed by atoms with Crippen LogP contribution in [0.4, 0.5) is 17.1 Å². The van der Waals surface area contributed by atoms with Crippen molar-refractivity contribution in [3.8, 4) is 5.88 Å². The quantitative estimate of drug-likeness (QED) is 0.199. The van der Waals surface area contributed by atoms with Crippen molar-refractivity contribution in [2.24, 2.45) is 4.99 Å². The van der Waals surface area contributed by atoms with E-state index in [0.29, 0.717) is 28.4 Å². The Morgan fingerprint density at radius 1 is 1.03 bits per heavy atom. The van der Waals surface area contributed by atoms with Crippen molar-refractivity contribution in [2.75, 3.05) is 32.1 Å². The summed E-state index contributed by atoms with van der Waals surface area (Å²) in [5.41, 5.74) is 3.45. The van der Waals surface area contributed by atoms with Crippen molar-refractivity contribution in [3.05, 3.63) is 94.0 Å². The van der Waals surface area contributed by atoms with Crippen LogP contribution in [-0.4, -0.2) is 64.3 Å². The molecule has 5 rings (SSSR count). The van der Waals surface area contributed by atoms with Gasteiger partial charge in [-0.15, -0.1) is 0 Å². The predicted octanol–water partition coefficient (Wildman–Crippen LogP) is 5.61. The first-order chi connectivity index (χ1) is 18.7. The summed E-state index contributed by atoms with van der Waals surface area (Å²) in [6.07, 6.45) is 2.23. The first-order valence-electron chi connectivity index (χ1n) is 12.9. The minimum absolute atomic E-state index is 0.169. The lowest BCUT2D eigenvalue weighted by Crippen LogP contribution is -2.41. The number of rotatable bonds is 6. The topological polar surface area (TPSA) is 104 Å². The van der Waals surface area contributed by atoms with Gasteiger partial charge >= 0.3 is 0 Å². The Balaban J connectivity index is 1.59. The third-order valence-electron chi connectivity index (χ3n) is 7.39. The van der Waals surface area contributed by atoms with Gasteiger partial charge in [0.05, 0.1) is 27.4 Å². The number of hydrogen-bond acceptors (Lipinski definition) is 7. The average Bonchev–Trinajstić information content (AvgIpc) is 3.23. The molecule has 0 radical (unpaired) electrons. The number of benzene rings is 3. The zero-order chi connectivity index (χ0) is 27.7. The number of fused-ring (bicyclic) bond motifs is 1. The zero-order valence-corrected chi connectivity index (χ0v) is 22.2. The van der Waals surface area contributed by atoms with Crippen molar-refractivity contribution in [2.45, 2.75) is 25.8 Å². The second-order valence-corrected chi connectivity index (χ2v) is 10.0. The third-order valence-corrected chi connectivity index (χ3v) is 7.39. The molecule has 0 spiro atoms. The lowest BCUT2D eigenvalue weighted by atomic mass is 10.0. The third kappa shape index (κ3) is 5.13. The highest BCUT2D eigenvalue weighted by Crippen LogP contribution is 2.36. The summed E-state index contributed by atoms with van der Waals surface area (Å²) < 4.78 is 1.09. The van der Waals surface area contributed by atoms with Crippen molar-refractivity contribution < 1.29 is 14.8 Å². The molecule has 1 aliphatic rings. The molecule has 1 aromatic heterocycles. The van der Waals surface area contributed by atoms with E-state index >= 15 is 0 Å². The standard InChI is InChI=1S/C30H31N5O4/c1-20(36)34-27-19-25(35(38)39)13-14-26(27)28(30(34)37)29(21-7-5-4-6-8-21)31-22-9-11-24(12-10-22)33-17-15-23(16-18-33)32(2)3/h4-14,19,23,37H,15-18H2,1-3H3. The summed E-state index contributed by atoms with van der Waals surface area (Å²) in [6.45, 7) is 3.29. The SMILES string of the molecule is CC(=O)n1c(O)c(C(=Nc2ccc(N3CCC(N(C)C)CC3)cc2)c2ccccc2)c2ccc([N+](=O)[O-])cc21. The van der Waals surface area contributed by atoms with Crippen LogP contribution in [0.1, 0.15) is 35.7 Å². The van der Waals surface area contributed by atoms with Crippen molar-refractivity contribution in [1.29, 1.82) is 0 Å². The molecule has 9 nitrogen and oxygen atoms in total. The molecule has 0 atom stereocenters. The maximum atomic E-state index is 12.5. The van der Waals surface area contributed by atoms with Crippen molar-refractivity contribution >= 4 is 39.6 Å². The number of non-ortho nitro benzene ring substituents is 1. The van der Waals surface area contributed by atoms with E-state index in [0.717, 1.165) is 41.7 Å². The van der Waals surface area contributed by atoms with Crippen LogP contribution in [0.15, 0.2) is 77.8 Å². The smallest absolute Gasteiger partial charge is 0.271 e. The van der Waals surface area contributed by atoms with Crippen LogP contribution in [0.3, 0.4) is 0 Å². The van der Waals surface area contributed by atoms with Gasteiger partial charge in [-0.3, -0.25) is 14.9 Å². The fourth-order valence-corrected chi connectivity index (χ4v) is 5.30. The van der Waals surface area contributed by atoms with Gasteiger partial charge in [-0.25, -0.2) is 9.56 Å². The van der Waals surface area contributed by atoms with E-state index in [-0.39, 0.29) is 17.1 Å². The van der Waals surface area contributed by atoms with Gasteiger partial charge in [0.2, 0.25) is 11.8 Å². The molecule has 0 bridgehead atoms. The number of nitro benzene ring substituents is 1. The fourth-order valence-electron chi connectivity index (χ4n) is 5.30. The number of aliphatic imine (C=N–C) groups is 1. The van der Waals surface area contributed by atoms with Gasteiger partial charge in [-0.1, -0.05) is 30.3 Å². The Morgan fingerprint density at radius 2 is 1.69 bits per heavy atom. The molecular formula is C30H31N5O4. The molecule has 4 aromatic rings. The summed E-state index contributed by atoms with van der Waals surface area (Å²) in [5.74, 6) is -0.764. The molecule has 0 unspecified atom stereocenters. The van der Waals surface area contributed by atoms with Crippen LogP contribution in [0.5, 0.6) is 5.88 Å². The summed E-state index contributed by atoms with van der Waals surface area (Å²) >= 11 is 0. The molecular weight excluding hydrogens is 494 g/mol. The number of aromatic nitrogens is 1. The largest absolute Gasteiger partial charge is 0.494 e. The fraction of sp³-hybridized carbons (Fsp3) is 0.267. The van der Waals surface area contributed by atoms with Crippen LogP contribution >= 0.6 is 0 Å². The number of nitrogens with zero attached hydrogens (tertiary/aromatic N) is 5. The number of carbonyl (C=O) groups is 1. The maximum absolute atomic E-state index is 12.5. The maximum Gasteiger partial charge on any atom is 0.271 e. The van der Waals surface area contributed by atoms with Gasteiger partial charge in [-0.2, -0.15) is 0 Å². The molecule has 0 amide bonds. The van der Waals surface area contributed by atoms with E-state index in [2.05, 4.69) is 36.0 Å². The number of piperidine rings is 1. The molecule has 3 aromatic carbocycles. The zero-order valence-electron chi connectivity index (χ0n) is 22.2. The van der Waals surface area contributed by atoms with E-state index < -0.39 is 10.8 Å². The molecule has 2 heterocycles. The molecule has 0 aliphatic carbocycles. The molecule has 1 fully saturated rings. The lowest BCUT2D eigenvalue weighted by molar-refractivity contribution is -0.384. The summed E-state index contributed by atoms with van der Waals surface area (Å²) in [7, 11) is 4.26. The minimum atomic E-state index is -0.523. The predicted molar refractivity (Wildman–Crippen MR) is 154 cm³/mol. The first-order valence-corrected chi connectivity index (χ1v) is 12.9. The Morgan fingerprint density at radius 3 is 2.28 bits per heavy atom. The average molecular weight is 526 g/mol. The van der Waals surface area contributed by atoms with Gasteiger partial charge in [0.15, 0.2) is 0 Å². The van der Waals surface area contributed by atoms with Crippen LogP contribution in [0.2, 0.25) is 0 Å². The molecule has 1 aliphatic heterocycles. The number of anilines is 1. The first kappa shape index (κ1) is 26.1. The van der Waals surface area contributed by atoms with E-state index in [1.54, 1.807) is 6.07 Å². The molecule has 1 N–H and O–H groups in total. The van der Waals surface area contributed by atoms with Gasteiger partial charge in [0.1, 0.15) is 0 Å². The Kier molecular flexibility index (Phi) is 7.17. The molecule has 39 heavy (non-hydrogen) atoms. The highest BCUT2D eigenvalue weighted by Gasteiger charge is 2.26. The number of aromatic hydroxyl groups is 1. The van der Waals surface area contributed by atoms with Crippen LogP contribution in [0.25, 0.3) is 10.9 Å². The Labute approximate surface area is 226 Å². The second kappa shape index (κ2) is 10.7. The van der Waals surface area contributed by atoms with Crippen LogP contribution in [0, 0.1) is 10.1 Å². The van der Waals surface area contributed by atoms with Crippen LogP contribution in [-0.2, 0) is 0 Å². The Hall–Kier alpha value is -4.50. The highest BCUT2D eigenvalue weighted by atomic mass is 16.6. The summed E-state index contributed by atoms with van der Waals surface area (Å²) in [6, 6.07) is 22.2. The van der Waals surface area contributed by atoms with Gasteiger partial charge in [0.25, 0.3) is 5.69 Å². The summed E-state index contributed by atoms with van der Waals surface area (Å²) in [4.78, 5) is 33.0. The van der Waals surface area contributed by atoms with E-state index in [1.165, 1.54) is 19.1 Å². The number of nitro groups is 1. The number of hydrogen-bond donors (Lipinski definition) is 1. The van der Waals surface area contributed by atoms with Crippen molar-refractivity contribution in [3.63, 3.8) is 0 Å². The van der Waals surface area contributed by atoms with E-state index in [9.17, 15) is 20.0 Å². The van der Waals surface area contributed by atoms with Gasteiger partial charge in [0, 0.05) is 54.8 Å². The van der Waals surface area contributed by atoms with E-state index in [4.69, 9.17) is 4.99 Å². The lowest BCUT2D eigenvalue weighted by Gasteiger charge is -2.36. The molecule has 0 saturated carbocycles. The minimum Gasteiger partial charge on any atom is -0.494 e. The summed E-state index contributed by atoms with van der Waals surface area (Å²) in [5, 5.41) is 23.2. The normalized spacial score (nSPS) is 14.8. The molecule has 9 heteroatoms. The monoisotopic (exact) mass is 525 g/mol. The molecule has 200 valence electrons. The van der Waals surface area contributed by atoms with Crippen LogP contribution < -0.4 is 4.90 Å². The van der Waals surface area contributed by atoms with Gasteiger partial charge < -0.3 is 14.9 Å². The van der Waals surface area contributed by atoms with Crippen molar-refractivity contribution in [1.82, 2.24) is 9.47 Å². The number of carbonyl (C=O) groups excluding carboxylic acids is 1. The molecule has 1 saturated heterocycles. The van der Waals surface area contributed by atoms with Gasteiger partial charge in [-0.05, 0) is 57.3 Å². The second-order valence-electron chi connectivity index (χ2n) is 10.0.